The molecule has 0 saturated carbocycles. The van der Waals surface area contributed by atoms with E-state index in [0.717, 1.165) is 10.0 Å². The smallest absolute Gasteiger partial charge is 0.271 e. The number of hydrogen-bond acceptors (Lipinski definition) is 4. The van der Waals surface area contributed by atoms with E-state index in [2.05, 4.69) is 40.3 Å². The largest absolute Gasteiger partial charge is 0.454 e. The highest BCUT2D eigenvalue weighted by molar-refractivity contribution is 9.10. The minimum absolute atomic E-state index is 0.214. The van der Waals surface area contributed by atoms with Crippen LogP contribution in [0.2, 0.25) is 0 Å². The second-order valence-corrected chi connectivity index (χ2v) is 6.56. The zero-order valence-corrected chi connectivity index (χ0v) is 15.0. The third-order valence-corrected chi connectivity index (χ3v) is 4.39. The summed E-state index contributed by atoms with van der Waals surface area (Å²) in [5.41, 5.74) is 5.08. The van der Waals surface area contributed by atoms with Gasteiger partial charge >= 0.3 is 0 Å². The second-order valence-electron chi connectivity index (χ2n) is 5.70. The first kappa shape index (κ1) is 16.5. The molecular formula is C18H17BrN2O3. The Bertz CT molecular complexity index is 786. The molecule has 0 unspecified atom stereocenters. The zero-order valence-electron chi connectivity index (χ0n) is 13.4. The van der Waals surface area contributed by atoms with Gasteiger partial charge in [-0.15, -0.1) is 0 Å². The van der Waals surface area contributed by atoms with Crippen molar-refractivity contribution in [3.8, 4) is 11.5 Å². The first-order valence-corrected chi connectivity index (χ1v) is 8.36. The molecule has 1 aliphatic heterocycles. The number of benzene rings is 2. The maximum Gasteiger partial charge on any atom is 0.271 e. The molecule has 0 saturated heterocycles. The first-order chi connectivity index (χ1) is 11.5. The van der Waals surface area contributed by atoms with Crippen molar-refractivity contribution in [3.05, 3.63) is 57.6 Å². The topological polar surface area (TPSA) is 59.9 Å². The summed E-state index contributed by atoms with van der Waals surface area (Å²) in [6, 6.07) is 11.1. The SMILES string of the molecule is CC(C)c1ccc(C(=O)NN=Cc2cc3c(cc2Br)OCO3)cc1. The second kappa shape index (κ2) is 7.05. The summed E-state index contributed by atoms with van der Waals surface area (Å²) < 4.78 is 11.4. The zero-order chi connectivity index (χ0) is 17.1. The Labute approximate surface area is 148 Å². The number of rotatable bonds is 4. The van der Waals surface area contributed by atoms with Crippen LogP contribution in [0.4, 0.5) is 0 Å². The number of fused-ring (bicyclic) bond motifs is 1. The molecule has 3 rings (SSSR count). The summed E-state index contributed by atoms with van der Waals surface area (Å²) >= 11 is 3.44. The normalized spacial score (nSPS) is 12.8. The molecule has 0 atom stereocenters. The van der Waals surface area contributed by atoms with E-state index in [0.29, 0.717) is 23.0 Å². The van der Waals surface area contributed by atoms with Crippen LogP contribution in [0.1, 0.15) is 41.3 Å². The van der Waals surface area contributed by atoms with Gasteiger partial charge in [-0.3, -0.25) is 4.79 Å². The van der Waals surface area contributed by atoms with Gasteiger partial charge < -0.3 is 9.47 Å². The molecular weight excluding hydrogens is 372 g/mol. The average Bonchev–Trinajstić information content (AvgIpc) is 3.02. The summed E-state index contributed by atoms with van der Waals surface area (Å²) in [5.74, 6) is 1.53. The van der Waals surface area contributed by atoms with Crippen LogP contribution in [-0.2, 0) is 0 Å². The quantitative estimate of drug-likeness (QED) is 0.634. The van der Waals surface area contributed by atoms with E-state index in [-0.39, 0.29) is 12.7 Å². The minimum Gasteiger partial charge on any atom is -0.454 e. The number of nitrogens with one attached hydrogen (secondary N) is 1. The average molecular weight is 389 g/mol. The standard InChI is InChI=1S/C18H17BrN2O3/c1-11(2)12-3-5-13(6-4-12)18(22)21-20-9-14-7-16-17(8-15(14)19)24-10-23-16/h3-9,11H,10H2,1-2H3,(H,21,22). The highest BCUT2D eigenvalue weighted by Gasteiger charge is 2.15. The van der Waals surface area contributed by atoms with Crippen molar-refractivity contribution in [2.75, 3.05) is 6.79 Å². The Morgan fingerprint density at radius 3 is 2.54 bits per heavy atom. The van der Waals surface area contributed by atoms with Crippen LogP contribution < -0.4 is 14.9 Å². The molecule has 1 heterocycles. The van der Waals surface area contributed by atoms with E-state index in [1.165, 1.54) is 5.56 Å². The van der Waals surface area contributed by atoms with E-state index in [1.807, 2.05) is 18.2 Å². The van der Waals surface area contributed by atoms with Gasteiger partial charge in [0.1, 0.15) is 0 Å². The lowest BCUT2D eigenvalue weighted by molar-refractivity contribution is 0.0955. The predicted molar refractivity (Wildman–Crippen MR) is 95.9 cm³/mol. The molecule has 24 heavy (non-hydrogen) atoms. The Balaban J connectivity index is 1.67. The van der Waals surface area contributed by atoms with Gasteiger partial charge in [0.05, 0.1) is 6.21 Å². The van der Waals surface area contributed by atoms with E-state index < -0.39 is 0 Å². The number of carbonyl (C=O) groups is 1. The molecule has 0 aliphatic carbocycles. The van der Waals surface area contributed by atoms with Gasteiger partial charge in [-0.2, -0.15) is 5.10 Å². The third kappa shape index (κ3) is 3.59. The van der Waals surface area contributed by atoms with Gasteiger partial charge in [-0.1, -0.05) is 26.0 Å². The van der Waals surface area contributed by atoms with E-state index in [1.54, 1.807) is 24.4 Å². The molecule has 5 nitrogen and oxygen atoms in total. The van der Waals surface area contributed by atoms with Crippen molar-refractivity contribution in [3.63, 3.8) is 0 Å². The monoisotopic (exact) mass is 388 g/mol. The summed E-state index contributed by atoms with van der Waals surface area (Å²) in [6.07, 6.45) is 1.56. The highest BCUT2D eigenvalue weighted by Crippen LogP contribution is 2.36. The number of ether oxygens (including phenoxy) is 2. The number of carbonyl (C=O) groups excluding carboxylic acids is 1. The van der Waals surface area contributed by atoms with Crippen LogP contribution in [0.15, 0.2) is 46.0 Å². The maximum atomic E-state index is 12.1. The van der Waals surface area contributed by atoms with Crippen molar-refractivity contribution in [1.82, 2.24) is 5.43 Å². The van der Waals surface area contributed by atoms with Crippen molar-refractivity contribution >= 4 is 28.1 Å². The van der Waals surface area contributed by atoms with Crippen LogP contribution in [0.5, 0.6) is 11.5 Å². The molecule has 1 aliphatic rings. The minimum atomic E-state index is -0.251. The van der Waals surface area contributed by atoms with Crippen molar-refractivity contribution in [1.29, 1.82) is 0 Å². The Morgan fingerprint density at radius 1 is 1.21 bits per heavy atom. The van der Waals surface area contributed by atoms with E-state index in [4.69, 9.17) is 9.47 Å². The van der Waals surface area contributed by atoms with Crippen LogP contribution in [0, 0.1) is 0 Å². The van der Waals surface area contributed by atoms with E-state index in [9.17, 15) is 4.79 Å². The molecule has 0 aromatic heterocycles. The molecule has 0 radical (unpaired) electrons. The van der Waals surface area contributed by atoms with Gasteiger partial charge in [0.2, 0.25) is 6.79 Å². The molecule has 2 aromatic carbocycles. The van der Waals surface area contributed by atoms with Crippen LogP contribution in [-0.4, -0.2) is 18.9 Å². The third-order valence-electron chi connectivity index (χ3n) is 3.70. The summed E-state index contributed by atoms with van der Waals surface area (Å²) in [7, 11) is 0. The van der Waals surface area contributed by atoms with Crippen molar-refractivity contribution in [2.24, 2.45) is 5.10 Å². The molecule has 6 heteroatoms. The number of amides is 1. The summed E-state index contributed by atoms with van der Waals surface area (Å²) in [6.45, 7) is 4.44. The fraction of sp³-hybridized carbons (Fsp3) is 0.222. The molecule has 2 aromatic rings. The van der Waals surface area contributed by atoms with Gasteiger partial charge in [0, 0.05) is 15.6 Å². The molecule has 1 N–H and O–H groups in total. The van der Waals surface area contributed by atoms with Gasteiger partial charge in [-0.25, -0.2) is 5.43 Å². The Hall–Kier alpha value is -2.34. The van der Waals surface area contributed by atoms with E-state index >= 15 is 0 Å². The lowest BCUT2D eigenvalue weighted by Crippen LogP contribution is -2.17. The number of halogens is 1. The molecule has 1 amide bonds. The van der Waals surface area contributed by atoms with Gasteiger partial charge in [0.15, 0.2) is 11.5 Å². The Kier molecular flexibility index (Phi) is 4.85. The number of hydrogen-bond donors (Lipinski definition) is 1. The summed E-state index contributed by atoms with van der Waals surface area (Å²) in [4.78, 5) is 12.1. The van der Waals surface area contributed by atoms with Crippen LogP contribution in [0.3, 0.4) is 0 Å². The Morgan fingerprint density at radius 2 is 1.88 bits per heavy atom. The predicted octanol–water partition coefficient (Wildman–Crippen LogP) is 4.07. The number of hydrazone groups is 1. The van der Waals surface area contributed by atoms with Gasteiger partial charge in [0.25, 0.3) is 5.91 Å². The molecule has 124 valence electrons. The van der Waals surface area contributed by atoms with Crippen molar-refractivity contribution in [2.45, 2.75) is 19.8 Å². The highest BCUT2D eigenvalue weighted by atomic mass is 79.9. The molecule has 0 fully saturated rings. The van der Waals surface area contributed by atoms with Gasteiger partial charge in [-0.05, 0) is 51.7 Å². The fourth-order valence-corrected chi connectivity index (χ4v) is 2.70. The maximum absolute atomic E-state index is 12.1. The fourth-order valence-electron chi connectivity index (χ4n) is 2.28. The number of nitrogens with zero attached hydrogens (tertiary/aromatic N) is 1. The molecule has 0 spiro atoms. The van der Waals surface area contributed by atoms with Crippen LogP contribution >= 0.6 is 15.9 Å². The van der Waals surface area contributed by atoms with Crippen molar-refractivity contribution < 1.29 is 14.3 Å². The first-order valence-electron chi connectivity index (χ1n) is 7.57. The summed E-state index contributed by atoms with van der Waals surface area (Å²) in [5, 5.41) is 4.01. The molecule has 0 bridgehead atoms. The lowest BCUT2D eigenvalue weighted by atomic mass is 10.0. The lowest BCUT2D eigenvalue weighted by Gasteiger charge is -2.06. The van der Waals surface area contributed by atoms with Crippen LogP contribution in [0.25, 0.3) is 0 Å².